The van der Waals surface area contributed by atoms with E-state index >= 15 is 0 Å². The fourth-order valence-corrected chi connectivity index (χ4v) is 3.16. The zero-order valence-corrected chi connectivity index (χ0v) is 12.8. The molecule has 2 aromatic rings. The van der Waals surface area contributed by atoms with Crippen molar-refractivity contribution >= 4 is 23.2 Å². The summed E-state index contributed by atoms with van der Waals surface area (Å²) in [6.07, 6.45) is 0.390. The number of halogens is 1. The van der Waals surface area contributed by atoms with Crippen LogP contribution in [0.1, 0.15) is 33.9 Å². The molecule has 108 valence electrons. The standard InChI is InChI=1S/C17H17ClN2O/c1-9-5-3-4-6-12(9)16(19)13-7-11-8-14(21)20-17(11)10(2)15(13)18/h3-7,16H,8,19H2,1-2H3,(H,20,21). The molecule has 0 bridgehead atoms. The Morgan fingerprint density at radius 3 is 2.67 bits per heavy atom. The Balaban J connectivity index is 2.12. The number of aryl methyl sites for hydroxylation is 1. The zero-order chi connectivity index (χ0) is 15.1. The van der Waals surface area contributed by atoms with Gasteiger partial charge < -0.3 is 11.1 Å². The molecule has 1 aliphatic rings. The van der Waals surface area contributed by atoms with Gasteiger partial charge in [0.15, 0.2) is 0 Å². The van der Waals surface area contributed by atoms with Crippen LogP contribution in [-0.4, -0.2) is 5.91 Å². The third-order valence-electron chi connectivity index (χ3n) is 4.08. The highest BCUT2D eigenvalue weighted by atomic mass is 35.5. The molecule has 0 spiro atoms. The predicted octanol–water partition coefficient (Wildman–Crippen LogP) is 3.50. The van der Waals surface area contributed by atoms with E-state index in [1.54, 1.807) is 0 Å². The summed E-state index contributed by atoms with van der Waals surface area (Å²) in [5.41, 5.74) is 12.2. The van der Waals surface area contributed by atoms with Gasteiger partial charge in [0.25, 0.3) is 0 Å². The van der Waals surface area contributed by atoms with Gasteiger partial charge >= 0.3 is 0 Å². The largest absolute Gasteiger partial charge is 0.325 e. The number of benzene rings is 2. The van der Waals surface area contributed by atoms with E-state index in [9.17, 15) is 4.79 Å². The van der Waals surface area contributed by atoms with Crippen molar-refractivity contribution in [2.75, 3.05) is 5.32 Å². The van der Waals surface area contributed by atoms with Crippen molar-refractivity contribution in [3.63, 3.8) is 0 Å². The lowest BCUT2D eigenvalue weighted by molar-refractivity contribution is -0.115. The number of hydrogen-bond acceptors (Lipinski definition) is 2. The van der Waals surface area contributed by atoms with E-state index in [-0.39, 0.29) is 11.9 Å². The van der Waals surface area contributed by atoms with Gasteiger partial charge in [-0.25, -0.2) is 0 Å². The van der Waals surface area contributed by atoms with Crippen LogP contribution < -0.4 is 11.1 Å². The molecule has 0 radical (unpaired) electrons. The summed E-state index contributed by atoms with van der Waals surface area (Å²) in [5.74, 6) is 0.00535. The number of fused-ring (bicyclic) bond motifs is 1. The van der Waals surface area contributed by atoms with E-state index in [1.165, 1.54) is 0 Å². The Morgan fingerprint density at radius 2 is 1.95 bits per heavy atom. The second kappa shape index (κ2) is 5.17. The van der Waals surface area contributed by atoms with Gasteiger partial charge in [0, 0.05) is 5.69 Å². The van der Waals surface area contributed by atoms with E-state index < -0.39 is 0 Å². The van der Waals surface area contributed by atoms with Gasteiger partial charge in [0.05, 0.1) is 17.5 Å². The second-order valence-corrected chi connectivity index (χ2v) is 5.88. The van der Waals surface area contributed by atoms with Crippen molar-refractivity contribution in [1.82, 2.24) is 0 Å². The van der Waals surface area contributed by atoms with Gasteiger partial charge in [0.1, 0.15) is 0 Å². The number of carbonyl (C=O) groups excluding carboxylic acids is 1. The van der Waals surface area contributed by atoms with Crippen LogP contribution in [0.15, 0.2) is 30.3 Å². The van der Waals surface area contributed by atoms with E-state index in [0.717, 1.165) is 33.5 Å². The first kappa shape index (κ1) is 14.1. The van der Waals surface area contributed by atoms with Gasteiger partial charge in [0.2, 0.25) is 5.91 Å². The highest BCUT2D eigenvalue weighted by Crippen LogP contribution is 2.38. The van der Waals surface area contributed by atoms with Crippen molar-refractivity contribution in [3.05, 3.63) is 63.2 Å². The van der Waals surface area contributed by atoms with Gasteiger partial charge in [-0.3, -0.25) is 4.79 Å². The van der Waals surface area contributed by atoms with Crippen LogP contribution in [-0.2, 0) is 11.2 Å². The first-order chi connectivity index (χ1) is 9.99. The van der Waals surface area contributed by atoms with Crippen LogP contribution in [0.3, 0.4) is 0 Å². The number of rotatable bonds is 2. The van der Waals surface area contributed by atoms with Crippen molar-refractivity contribution in [2.45, 2.75) is 26.3 Å². The monoisotopic (exact) mass is 300 g/mol. The lowest BCUT2D eigenvalue weighted by Gasteiger charge is -2.19. The molecule has 1 atom stereocenters. The molecule has 3 nitrogen and oxygen atoms in total. The van der Waals surface area contributed by atoms with E-state index in [2.05, 4.69) is 5.32 Å². The van der Waals surface area contributed by atoms with Crippen LogP contribution >= 0.6 is 11.6 Å². The zero-order valence-electron chi connectivity index (χ0n) is 12.0. The Kier molecular flexibility index (Phi) is 3.47. The maximum Gasteiger partial charge on any atom is 0.228 e. The summed E-state index contributed by atoms with van der Waals surface area (Å²) >= 11 is 6.49. The molecular weight excluding hydrogens is 284 g/mol. The molecule has 0 saturated carbocycles. The molecule has 3 N–H and O–H groups in total. The topological polar surface area (TPSA) is 55.1 Å². The Bertz CT molecular complexity index is 740. The van der Waals surface area contributed by atoms with Crippen LogP contribution in [0, 0.1) is 13.8 Å². The fraction of sp³-hybridized carbons (Fsp3) is 0.235. The van der Waals surface area contributed by atoms with E-state index in [0.29, 0.717) is 11.4 Å². The number of nitrogens with two attached hydrogens (primary N) is 1. The van der Waals surface area contributed by atoms with Crippen LogP contribution in [0.4, 0.5) is 5.69 Å². The van der Waals surface area contributed by atoms with Gasteiger partial charge in [-0.1, -0.05) is 35.9 Å². The molecule has 1 amide bonds. The molecule has 1 aliphatic heterocycles. The Hall–Kier alpha value is -1.84. The highest BCUT2D eigenvalue weighted by molar-refractivity contribution is 6.33. The SMILES string of the molecule is Cc1ccccc1C(N)c1cc2c(c(C)c1Cl)NC(=O)C2. The molecule has 1 heterocycles. The minimum absolute atomic E-state index is 0.00535. The van der Waals surface area contributed by atoms with Crippen molar-refractivity contribution in [1.29, 1.82) is 0 Å². The van der Waals surface area contributed by atoms with Gasteiger partial charge in [-0.05, 0) is 47.7 Å². The lowest BCUT2D eigenvalue weighted by Crippen LogP contribution is -2.14. The maximum absolute atomic E-state index is 11.6. The molecule has 21 heavy (non-hydrogen) atoms. The van der Waals surface area contributed by atoms with Crippen molar-refractivity contribution < 1.29 is 4.79 Å². The average molecular weight is 301 g/mol. The summed E-state index contributed by atoms with van der Waals surface area (Å²) in [7, 11) is 0. The predicted molar refractivity (Wildman–Crippen MR) is 85.7 cm³/mol. The number of hydrogen-bond donors (Lipinski definition) is 2. The molecule has 0 fully saturated rings. The highest BCUT2D eigenvalue weighted by Gasteiger charge is 2.25. The van der Waals surface area contributed by atoms with Crippen LogP contribution in [0.2, 0.25) is 5.02 Å². The maximum atomic E-state index is 11.6. The summed E-state index contributed by atoms with van der Waals surface area (Å²) in [4.78, 5) is 11.6. The molecule has 0 aromatic heterocycles. The molecule has 2 aromatic carbocycles. The second-order valence-electron chi connectivity index (χ2n) is 5.50. The minimum Gasteiger partial charge on any atom is -0.325 e. The van der Waals surface area contributed by atoms with Crippen molar-refractivity contribution in [2.24, 2.45) is 5.73 Å². The summed E-state index contributed by atoms with van der Waals surface area (Å²) < 4.78 is 0. The summed E-state index contributed by atoms with van der Waals surface area (Å²) in [5, 5.41) is 3.49. The molecule has 3 rings (SSSR count). The molecule has 4 heteroatoms. The summed E-state index contributed by atoms with van der Waals surface area (Å²) in [6.45, 7) is 3.95. The van der Waals surface area contributed by atoms with E-state index in [1.807, 2.05) is 44.2 Å². The average Bonchev–Trinajstić information content (AvgIpc) is 2.83. The van der Waals surface area contributed by atoms with Crippen molar-refractivity contribution in [3.8, 4) is 0 Å². The normalized spacial score (nSPS) is 14.8. The Labute approximate surface area is 129 Å². The lowest BCUT2D eigenvalue weighted by atomic mass is 9.92. The fourth-order valence-electron chi connectivity index (χ4n) is 2.89. The van der Waals surface area contributed by atoms with Gasteiger partial charge in [-0.15, -0.1) is 0 Å². The number of amides is 1. The van der Waals surface area contributed by atoms with Crippen LogP contribution in [0.25, 0.3) is 0 Å². The third-order valence-corrected chi connectivity index (χ3v) is 4.58. The van der Waals surface area contributed by atoms with Gasteiger partial charge in [-0.2, -0.15) is 0 Å². The number of carbonyl (C=O) groups is 1. The van der Waals surface area contributed by atoms with E-state index in [4.69, 9.17) is 17.3 Å². The molecule has 1 unspecified atom stereocenters. The third kappa shape index (κ3) is 2.33. The first-order valence-corrected chi connectivity index (χ1v) is 7.29. The molecule has 0 aliphatic carbocycles. The number of anilines is 1. The minimum atomic E-state index is -0.293. The smallest absolute Gasteiger partial charge is 0.228 e. The molecule has 0 saturated heterocycles. The molecular formula is C17H17ClN2O. The number of nitrogens with one attached hydrogen (secondary N) is 1. The Morgan fingerprint density at radius 1 is 1.24 bits per heavy atom. The van der Waals surface area contributed by atoms with Crippen LogP contribution in [0.5, 0.6) is 0 Å². The quantitative estimate of drug-likeness (QED) is 0.892. The summed E-state index contributed by atoms with van der Waals surface area (Å²) in [6, 6.07) is 9.68. The first-order valence-electron chi connectivity index (χ1n) is 6.92.